The standard InChI is InChI=1S/C12H22O3/c1-4-5-6-7-8-9-10(2)12(14)15-11(3)13/h10H,4-9H2,1-3H3. The molecule has 0 aliphatic heterocycles. The fraction of sp³-hybridized carbons (Fsp3) is 0.833. The van der Waals surface area contributed by atoms with E-state index >= 15 is 0 Å². The first-order valence-electron chi connectivity index (χ1n) is 5.80. The molecule has 3 heteroatoms. The Morgan fingerprint density at radius 3 is 2.27 bits per heavy atom. The summed E-state index contributed by atoms with van der Waals surface area (Å²) in [5.74, 6) is -1.06. The molecule has 0 N–H and O–H groups in total. The Hall–Kier alpha value is -0.860. The molecule has 15 heavy (non-hydrogen) atoms. The summed E-state index contributed by atoms with van der Waals surface area (Å²) in [5, 5.41) is 0. The number of ether oxygens (including phenoxy) is 1. The van der Waals surface area contributed by atoms with Crippen molar-refractivity contribution < 1.29 is 14.3 Å². The van der Waals surface area contributed by atoms with Gasteiger partial charge in [0.25, 0.3) is 0 Å². The van der Waals surface area contributed by atoms with Gasteiger partial charge in [0.1, 0.15) is 0 Å². The molecule has 88 valence electrons. The molecule has 0 aliphatic rings. The molecule has 0 bridgehead atoms. The Labute approximate surface area is 92.2 Å². The molecule has 0 spiro atoms. The number of esters is 2. The van der Waals surface area contributed by atoms with Crippen LogP contribution in [0.5, 0.6) is 0 Å². The largest absolute Gasteiger partial charge is 0.393 e. The van der Waals surface area contributed by atoms with Gasteiger partial charge in [-0.2, -0.15) is 0 Å². The number of unbranched alkanes of at least 4 members (excludes halogenated alkanes) is 4. The topological polar surface area (TPSA) is 43.4 Å². The lowest BCUT2D eigenvalue weighted by molar-refractivity contribution is -0.160. The second-order valence-corrected chi connectivity index (χ2v) is 4.02. The normalized spacial score (nSPS) is 12.2. The van der Waals surface area contributed by atoms with Crippen molar-refractivity contribution in [2.75, 3.05) is 0 Å². The summed E-state index contributed by atoms with van der Waals surface area (Å²) in [6.45, 7) is 5.24. The number of hydrogen-bond acceptors (Lipinski definition) is 3. The van der Waals surface area contributed by atoms with Crippen molar-refractivity contribution in [2.45, 2.75) is 59.3 Å². The molecule has 0 heterocycles. The molecular weight excluding hydrogens is 192 g/mol. The second-order valence-electron chi connectivity index (χ2n) is 4.02. The molecule has 0 amide bonds. The minimum atomic E-state index is -0.516. The summed E-state index contributed by atoms with van der Waals surface area (Å²) < 4.78 is 4.51. The summed E-state index contributed by atoms with van der Waals surface area (Å²) in [4.78, 5) is 21.8. The predicted octanol–water partition coefficient (Wildman–Crippen LogP) is 3.07. The Bertz CT molecular complexity index is 199. The Morgan fingerprint density at radius 2 is 1.73 bits per heavy atom. The van der Waals surface area contributed by atoms with E-state index in [9.17, 15) is 9.59 Å². The van der Waals surface area contributed by atoms with Crippen molar-refractivity contribution in [3.05, 3.63) is 0 Å². The molecule has 0 fully saturated rings. The molecule has 0 radical (unpaired) electrons. The van der Waals surface area contributed by atoms with Crippen molar-refractivity contribution in [3.63, 3.8) is 0 Å². The quantitative estimate of drug-likeness (QED) is 0.371. The lowest BCUT2D eigenvalue weighted by Gasteiger charge is -2.08. The van der Waals surface area contributed by atoms with Crippen LogP contribution in [0.4, 0.5) is 0 Å². The van der Waals surface area contributed by atoms with E-state index in [0.717, 1.165) is 19.3 Å². The van der Waals surface area contributed by atoms with E-state index in [1.807, 2.05) is 6.92 Å². The number of rotatable bonds is 7. The van der Waals surface area contributed by atoms with Gasteiger partial charge in [-0.25, -0.2) is 0 Å². The van der Waals surface area contributed by atoms with Gasteiger partial charge >= 0.3 is 11.9 Å². The van der Waals surface area contributed by atoms with Crippen molar-refractivity contribution in [3.8, 4) is 0 Å². The van der Waals surface area contributed by atoms with Crippen molar-refractivity contribution in [2.24, 2.45) is 5.92 Å². The smallest absolute Gasteiger partial charge is 0.316 e. The SMILES string of the molecule is CCCCCCCC(C)C(=O)OC(C)=O. The van der Waals surface area contributed by atoms with Crippen LogP contribution in [-0.2, 0) is 14.3 Å². The first-order valence-corrected chi connectivity index (χ1v) is 5.80. The third kappa shape index (κ3) is 8.16. The summed E-state index contributed by atoms with van der Waals surface area (Å²) in [5.41, 5.74) is 0. The van der Waals surface area contributed by atoms with Crippen LogP contribution in [0, 0.1) is 5.92 Å². The van der Waals surface area contributed by atoms with E-state index in [1.165, 1.54) is 26.2 Å². The lowest BCUT2D eigenvalue weighted by Crippen LogP contribution is -2.17. The molecule has 0 aromatic heterocycles. The first-order chi connectivity index (χ1) is 7.07. The highest BCUT2D eigenvalue weighted by Crippen LogP contribution is 2.12. The highest BCUT2D eigenvalue weighted by molar-refractivity contribution is 5.85. The highest BCUT2D eigenvalue weighted by atomic mass is 16.6. The average molecular weight is 214 g/mol. The number of carbonyl (C=O) groups is 2. The summed E-state index contributed by atoms with van der Waals surface area (Å²) in [6.07, 6.45) is 6.72. The van der Waals surface area contributed by atoms with Gasteiger partial charge in [0, 0.05) is 6.92 Å². The molecule has 0 saturated heterocycles. The van der Waals surface area contributed by atoms with Gasteiger partial charge in [0.05, 0.1) is 5.92 Å². The minimum absolute atomic E-state index is 0.157. The third-order valence-electron chi connectivity index (χ3n) is 2.39. The zero-order valence-corrected chi connectivity index (χ0v) is 10.0. The first kappa shape index (κ1) is 14.1. The highest BCUT2D eigenvalue weighted by Gasteiger charge is 2.15. The molecule has 3 nitrogen and oxygen atoms in total. The van der Waals surface area contributed by atoms with E-state index in [4.69, 9.17) is 0 Å². The Balaban J connectivity index is 3.51. The van der Waals surface area contributed by atoms with Crippen LogP contribution in [0.25, 0.3) is 0 Å². The van der Waals surface area contributed by atoms with Crippen molar-refractivity contribution in [1.29, 1.82) is 0 Å². The summed E-state index contributed by atoms with van der Waals surface area (Å²) in [7, 11) is 0. The molecule has 0 aromatic rings. The molecular formula is C12H22O3. The maximum atomic E-state index is 11.2. The average Bonchev–Trinajstić information content (AvgIpc) is 2.16. The van der Waals surface area contributed by atoms with Crippen LogP contribution in [0.1, 0.15) is 59.3 Å². The number of carbonyl (C=O) groups excluding carboxylic acids is 2. The maximum Gasteiger partial charge on any atom is 0.316 e. The van der Waals surface area contributed by atoms with Gasteiger partial charge in [0.15, 0.2) is 0 Å². The van der Waals surface area contributed by atoms with Crippen LogP contribution in [0.3, 0.4) is 0 Å². The van der Waals surface area contributed by atoms with E-state index in [0.29, 0.717) is 0 Å². The van der Waals surface area contributed by atoms with Gasteiger partial charge in [-0.1, -0.05) is 46.0 Å². The monoisotopic (exact) mass is 214 g/mol. The fourth-order valence-corrected chi connectivity index (χ4v) is 1.41. The molecule has 0 aromatic carbocycles. The van der Waals surface area contributed by atoms with Crippen molar-refractivity contribution >= 4 is 11.9 Å². The van der Waals surface area contributed by atoms with Crippen LogP contribution >= 0.6 is 0 Å². The van der Waals surface area contributed by atoms with Gasteiger partial charge in [0.2, 0.25) is 0 Å². The van der Waals surface area contributed by atoms with Crippen LogP contribution in [0.15, 0.2) is 0 Å². The van der Waals surface area contributed by atoms with Gasteiger partial charge < -0.3 is 4.74 Å². The third-order valence-corrected chi connectivity index (χ3v) is 2.39. The van der Waals surface area contributed by atoms with E-state index in [2.05, 4.69) is 11.7 Å². The summed E-state index contributed by atoms with van der Waals surface area (Å²) in [6, 6.07) is 0. The van der Waals surface area contributed by atoms with Crippen LogP contribution in [-0.4, -0.2) is 11.9 Å². The number of hydrogen-bond donors (Lipinski definition) is 0. The predicted molar refractivity (Wildman–Crippen MR) is 59.3 cm³/mol. The van der Waals surface area contributed by atoms with E-state index in [-0.39, 0.29) is 5.92 Å². The van der Waals surface area contributed by atoms with Gasteiger partial charge in [-0.05, 0) is 6.42 Å². The molecule has 1 atom stereocenters. The van der Waals surface area contributed by atoms with Crippen LogP contribution < -0.4 is 0 Å². The second kappa shape index (κ2) is 8.45. The van der Waals surface area contributed by atoms with Gasteiger partial charge in [-0.3, -0.25) is 9.59 Å². The molecule has 0 rings (SSSR count). The minimum Gasteiger partial charge on any atom is -0.393 e. The zero-order valence-electron chi connectivity index (χ0n) is 10.0. The Kier molecular flexibility index (Phi) is 7.96. The van der Waals surface area contributed by atoms with E-state index in [1.54, 1.807) is 0 Å². The molecule has 1 unspecified atom stereocenters. The Morgan fingerprint density at radius 1 is 1.13 bits per heavy atom. The maximum absolute atomic E-state index is 11.2. The fourth-order valence-electron chi connectivity index (χ4n) is 1.41. The molecule has 0 saturated carbocycles. The van der Waals surface area contributed by atoms with Crippen molar-refractivity contribution in [1.82, 2.24) is 0 Å². The lowest BCUT2D eigenvalue weighted by atomic mass is 10.0. The van der Waals surface area contributed by atoms with E-state index < -0.39 is 11.9 Å². The van der Waals surface area contributed by atoms with Gasteiger partial charge in [-0.15, -0.1) is 0 Å². The van der Waals surface area contributed by atoms with Crippen LogP contribution in [0.2, 0.25) is 0 Å². The molecule has 0 aliphatic carbocycles. The summed E-state index contributed by atoms with van der Waals surface area (Å²) >= 11 is 0. The zero-order chi connectivity index (χ0) is 11.7.